The van der Waals surface area contributed by atoms with Crippen LogP contribution in [-0.2, 0) is 4.79 Å². The van der Waals surface area contributed by atoms with Crippen LogP contribution in [0.15, 0.2) is 46.9 Å². The molecule has 25 heavy (non-hydrogen) atoms. The predicted molar refractivity (Wildman–Crippen MR) is 90.7 cm³/mol. The molecule has 1 aromatic heterocycles. The molecule has 1 amide bonds. The first-order valence-electron chi connectivity index (χ1n) is 7.25. The summed E-state index contributed by atoms with van der Waals surface area (Å²) in [6.07, 6.45) is 0. The molecule has 6 nitrogen and oxygen atoms in total. The second-order valence-corrected chi connectivity index (χ2v) is 6.15. The van der Waals surface area contributed by atoms with Gasteiger partial charge in [-0.15, -0.1) is 10.2 Å². The normalized spacial score (nSPS) is 12.0. The van der Waals surface area contributed by atoms with Gasteiger partial charge in [-0.3, -0.25) is 4.79 Å². The molecule has 0 bridgehead atoms. The molecule has 1 heterocycles. The maximum atomic E-state index is 13.8. The number of nitrogens with zero attached hydrogens (tertiary/aromatic N) is 4. The number of hydrogen-bond acceptors (Lipinski definition) is 4. The molecule has 0 aliphatic rings. The van der Waals surface area contributed by atoms with Gasteiger partial charge in [0.2, 0.25) is 5.82 Å². The molecule has 1 N–H and O–H groups in total. The number of halogens is 3. The highest BCUT2D eigenvalue weighted by molar-refractivity contribution is 9.10. The van der Waals surface area contributed by atoms with Crippen molar-refractivity contribution in [1.29, 1.82) is 0 Å². The molecular formula is C16H12BrF2N5O. The van der Waals surface area contributed by atoms with Gasteiger partial charge in [0, 0.05) is 10.0 Å². The number of anilines is 1. The van der Waals surface area contributed by atoms with E-state index >= 15 is 0 Å². The predicted octanol–water partition coefficient (Wildman–Crippen LogP) is 3.58. The number of benzene rings is 2. The molecule has 0 saturated heterocycles. The lowest BCUT2D eigenvalue weighted by molar-refractivity contribution is -0.119. The number of aromatic nitrogens is 4. The standard InChI is InChI=1S/C16H12BrF2N5O/c1-9(16(25)20-14-6-5-11(17)8-13(14)19)24-22-15(21-23-24)10-3-2-4-12(18)7-10/h2-9H,1H3,(H,20,25). The molecular weight excluding hydrogens is 396 g/mol. The first kappa shape index (κ1) is 17.2. The van der Waals surface area contributed by atoms with Crippen LogP contribution in [0.3, 0.4) is 0 Å². The van der Waals surface area contributed by atoms with Gasteiger partial charge in [0.25, 0.3) is 5.91 Å². The zero-order chi connectivity index (χ0) is 18.0. The van der Waals surface area contributed by atoms with Crippen LogP contribution >= 0.6 is 15.9 Å². The van der Waals surface area contributed by atoms with E-state index in [1.54, 1.807) is 19.1 Å². The number of carbonyl (C=O) groups excluding carboxylic acids is 1. The maximum absolute atomic E-state index is 13.8. The lowest BCUT2D eigenvalue weighted by atomic mass is 10.2. The third-order valence-corrected chi connectivity index (χ3v) is 3.92. The Morgan fingerprint density at radius 1 is 1.24 bits per heavy atom. The Morgan fingerprint density at radius 3 is 2.76 bits per heavy atom. The monoisotopic (exact) mass is 407 g/mol. The summed E-state index contributed by atoms with van der Waals surface area (Å²) in [5, 5.41) is 14.2. The summed E-state index contributed by atoms with van der Waals surface area (Å²) in [7, 11) is 0. The molecule has 0 fully saturated rings. The minimum Gasteiger partial charge on any atom is -0.322 e. The van der Waals surface area contributed by atoms with Crippen LogP contribution < -0.4 is 5.32 Å². The SMILES string of the molecule is CC(C(=O)Nc1ccc(Br)cc1F)n1nnc(-c2cccc(F)c2)n1. The van der Waals surface area contributed by atoms with Gasteiger partial charge >= 0.3 is 0 Å². The highest BCUT2D eigenvalue weighted by Gasteiger charge is 2.20. The quantitative estimate of drug-likeness (QED) is 0.717. The molecule has 128 valence electrons. The number of tetrazole rings is 1. The van der Waals surface area contributed by atoms with E-state index in [0.29, 0.717) is 10.0 Å². The van der Waals surface area contributed by atoms with Crippen LogP contribution in [-0.4, -0.2) is 26.1 Å². The van der Waals surface area contributed by atoms with Crippen LogP contribution in [0, 0.1) is 11.6 Å². The fourth-order valence-electron chi connectivity index (χ4n) is 2.07. The van der Waals surface area contributed by atoms with E-state index in [2.05, 4.69) is 36.7 Å². The van der Waals surface area contributed by atoms with Crippen LogP contribution in [0.5, 0.6) is 0 Å². The molecule has 0 radical (unpaired) electrons. The Bertz CT molecular complexity index is 930. The lowest BCUT2D eigenvalue weighted by Gasteiger charge is -2.11. The highest BCUT2D eigenvalue weighted by atomic mass is 79.9. The van der Waals surface area contributed by atoms with E-state index < -0.39 is 23.6 Å². The second kappa shape index (κ2) is 7.06. The van der Waals surface area contributed by atoms with Crippen LogP contribution in [0.4, 0.5) is 14.5 Å². The molecule has 0 aliphatic carbocycles. The minimum atomic E-state index is -0.835. The van der Waals surface area contributed by atoms with Crippen molar-refractivity contribution in [3.8, 4) is 11.4 Å². The fourth-order valence-corrected chi connectivity index (χ4v) is 2.40. The van der Waals surface area contributed by atoms with E-state index in [4.69, 9.17) is 0 Å². The van der Waals surface area contributed by atoms with Gasteiger partial charge in [-0.25, -0.2) is 8.78 Å². The largest absolute Gasteiger partial charge is 0.322 e. The summed E-state index contributed by atoms with van der Waals surface area (Å²) < 4.78 is 27.6. The third kappa shape index (κ3) is 3.87. The van der Waals surface area contributed by atoms with Gasteiger partial charge < -0.3 is 5.32 Å². The summed E-state index contributed by atoms with van der Waals surface area (Å²) in [5.41, 5.74) is 0.489. The summed E-state index contributed by atoms with van der Waals surface area (Å²) in [4.78, 5) is 13.4. The van der Waals surface area contributed by atoms with E-state index in [9.17, 15) is 13.6 Å². The van der Waals surface area contributed by atoms with E-state index in [1.807, 2.05) is 0 Å². The first-order valence-corrected chi connectivity index (χ1v) is 8.04. The highest BCUT2D eigenvalue weighted by Crippen LogP contribution is 2.21. The van der Waals surface area contributed by atoms with Crippen molar-refractivity contribution in [2.75, 3.05) is 5.32 Å². The van der Waals surface area contributed by atoms with Gasteiger partial charge in [0.1, 0.15) is 17.7 Å². The van der Waals surface area contributed by atoms with Crippen LogP contribution in [0.1, 0.15) is 13.0 Å². The van der Waals surface area contributed by atoms with Crippen molar-refractivity contribution >= 4 is 27.5 Å². The lowest BCUT2D eigenvalue weighted by Crippen LogP contribution is -2.25. The molecule has 0 saturated carbocycles. The summed E-state index contributed by atoms with van der Waals surface area (Å²) in [6, 6.07) is 9.19. The van der Waals surface area contributed by atoms with Crippen molar-refractivity contribution < 1.29 is 13.6 Å². The molecule has 0 aliphatic heterocycles. The molecule has 1 unspecified atom stereocenters. The molecule has 1 atom stereocenters. The van der Waals surface area contributed by atoms with Crippen molar-refractivity contribution in [2.45, 2.75) is 13.0 Å². The average molecular weight is 408 g/mol. The zero-order valence-electron chi connectivity index (χ0n) is 12.9. The molecule has 3 rings (SSSR count). The maximum Gasteiger partial charge on any atom is 0.250 e. The number of hydrogen-bond donors (Lipinski definition) is 1. The van der Waals surface area contributed by atoms with Crippen LogP contribution in [0.2, 0.25) is 0 Å². The van der Waals surface area contributed by atoms with Gasteiger partial charge in [0.15, 0.2) is 0 Å². The number of rotatable bonds is 4. The molecule has 3 aromatic rings. The Labute approximate surface area is 150 Å². The van der Waals surface area contributed by atoms with Crippen LogP contribution in [0.25, 0.3) is 11.4 Å². The van der Waals surface area contributed by atoms with Gasteiger partial charge in [-0.1, -0.05) is 28.1 Å². The second-order valence-electron chi connectivity index (χ2n) is 5.23. The first-order chi connectivity index (χ1) is 11.9. The Morgan fingerprint density at radius 2 is 2.04 bits per heavy atom. The number of carbonyl (C=O) groups is 1. The Kier molecular flexibility index (Phi) is 4.84. The van der Waals surface area contributed by atoms with Crippen molar-refractivity contribution in [3.63, 3.8) is 0 Å². The fraction of sp³-hybridized carbons (Fsp3) is 0.125. The Hall–Kier alpha value is -2.68. The summed E-state index contributed by atoms with van der Waals surface area (Å²) >= 11 is 3.15. The smallest absolute Gasteiger partial charge is 0.250 e. The zero-order valence-corrected chi connectivity index (χ0v) is 14.5. The Balaban J connectivity index is 1.76. The average Bonchev–Trinajstić information content (AvgIpc) is 3.06. The van der Waals surface area contributed by atoms with Gasteiger partial charge in [-0.2, -0.15) is 4.80 Å². The van der Waals surface area contributed by atoms with E-state index in [0.717, 1.165) is 4.80 Å². The molecule has 0 spiro atoms. The minimum absolute atomic E-state index is 0.0468. The third-order valence-electron chi connectivity index (χ3n) is 3.43. The number of amides is 1. The van der Waals surface area contributed by atoms with Gasteiger partial charge in [0.05, 0.1) is 5.69 Å². The van der Waals surface area contributed by atoms with E-state index in [1.165, 1.54) is 30.3 Å². The summed E-state index contributed by atoms with van der Waals surface area (Å²) in [5.74, 6) is -1.31. The molecule has 2 aromatic carbocycles. The summed E-state index contributed by atoms with van der Waals surface area (Å²) in [6.45, 7) is 1.54. The topological polar surface area (TPSA) is 72.7 Å². The molecule has 9 heteroatoms. The van der Waals surface area contributed by atoms with Gasteiger partial charge in [-0.05, 0) is 42.5 Å². The van der Waals surface area contributed by atoms with E-state index in [-0.39, 0.29) is 11.5 Å². The van der Waals surface area contributed by atoms with Crippen molar-refractivity contribution in [1.82, 2.24) is 20.2 Å². The van der Waals surface area contributed by atoms with Crippen molar-refractivity contribution in [3.05, 3.63) is 58.6 Å². The number of nitrogens with one attached hydrogen (secondary N) is 1. The van der Waals surface area contributed by atoms with Crippen molar-refractivity contribution in [2.24, 2.45) is 0 Å².